The Labute approximate surface area is 448 Å². The van der Waals surface area contributed by atoms with Crippen molar-refractivity contribution < 1.29 is 0 Å². The largest absolute Gasteiger partial charge is 0.310 e. The molecule has 15 rings (SSSR count). The molecule has 0 saturated carbocycles. The molecule has 1 aliphatic carbocycles. The number of aromatic nitrogens is 1. The third kappa shape index (κ3) is 7.10. The van der Waals surface area contributed by atoms with Crippen LogP contribution in [0.25, 0.3) is 93.5 Å². The zero-order valence-corrected chi connectivity index (χ0v) is 42.3. The summed E-state index contributed by atoms with van der Waals surface area (Å²) in [5.74, 6) is 0. The van der Waals surface area contributed by atoms with E-state index in [0.29, 0.717) is 0 Å². The van der Waals surface area contributed by atoms with E-state index in [-0.39, 0.29) is 0 Å². The topological polar surface area (TPSA) is 8.17 Å². The summed E-state index contributed by atoms with van der Waals surface area (Å²) < 4.78 is 2.44. The van der Waals surface area contributed by atoms with Gasteiger partial charge in [-0.15, -0.1) is 0 Å². The number of anilines is 3. The highest BCUT2D eigenvalue weighted by molar-refractivity contribution is 6.12. The highest BCUT2D eigenvalue weighted by Crippen LogP contribution is 2.57. The van der Waals surface area contributed by atoms with Gasteiger partial charge in [-0.2, -0.15) is 0 Å². The van der Waals surface area contributed by atoms with Crippen LogP contribution in [0, 0.1) is 0 Å². The normalized spacial score (nSPS) is 12.5. The molecule has 0 spiro atoms. The number of benzene rings is 13. The van der Waals surface area contributed by atoms with Crippen LogP contribution in [0.1, 0.15) is 22.3 Å². The molecule has 0 aliphatic heterocycles. The second kappa shape index (κ2) is 18.1. The summed E-state index contributed by atoms with van der Waals surface area (Å²) in [4.78, 5) is 2.49. The molecular weight excluding hydrogens is 929 g/mol. The van der Waals surface area contributed by atoms with E-state index in [1.807, 2.05) is 0 Å². The molecule has 0 N–H and O–H groups in total. The lowest BCUT2D eigenvalue weighted by Crippen LogP contribution is -2.28. The lowest BCUT2D eigenvalue weighted by molar-refractivity contribution is 0.768. The summed E-state index contributed by atoms with van der Waals surface area (Å²) in [6.07, 6.45) is 0. The second-order valence-electron chi connectivity index (χ2n) is 20.4. The minimum atomic E-state index is -0.550. The smallest absolute Gasteiger partial charge is 0.0714 e. The fraction of sp³-hybridized carbons (Fsp3) is 0.0133. The maximum Gasteiger partial charge on any atom is 0.0714 e. The second-order valence-corrected chi connectivity index (χ2v) is 20.4. The summed E-state index contributed by atoms with van der Waals surface area (Å²) in [5.41, 5.74) is 21.0. The number of fused-ring (bicyclic) bond motifs is 8. The zero-order valence-electron chi connectivity index (χ0n) is 42.3. The molecule has 77 heavy (non-hydrogen) atoms. The summed E-state index contributed by atoms with van der Waals surface area (Å²) in [6, 6.07) is 112. The molecule has 2 heteroatoms. The Balaban J connectivity index is 0.902. The predicted octanol–water partition coefficient (Wildman–Crippen LogP) is 19.9. The van der Waals surface area contributed by atoms with Crippen molar-refractivity contribution in [3.8, 4) is 50.2 Å². The van der Waals surface area contributed by atoms with Crippen molar-refractivity contribution in [2.45, 2.75) is 5.41 Å². The van der Waals surface area contributed by atoms with E-state index in [4.69, 9.17) is 0 Å². The van der Waals surface area contributed by atoms with Gasteiger partial charge in [-0.25, -0.2) is 0 Å². The quantitative estimate of drug-likeness (QED) is 0.140. The Morgan fingerprint density at radius 3 is 1.58 bits per heavy atom. The molecule has 0 saturated heterocycles. The first-order valence-corrected chi connectivity index (χ1v) is 26.7. The Morgan fingerprint density at radius 1 is 0.273 bits per heavy atom. The van der Waals surface area contributed by atoms with Gasteiger partial charge in [0.15, 0.2) is 0 Å². The van der Waals surface area contributed by atoms with E-state index in [1.165, 1.54) is 105 Å². The van der Waals surface area contributed by atoms with Crippen LogP contribution < -0.4 is 4.90 Å². The van der Waals surface area contributed by atoms with Gasteiger partial charge in [-0.1, -0.05) is 243 Å². The van der Waals surface area contributed by atoms with Gasteiger partial charge in [0.1, 0.15) is 0 Å². The van der Waals surface area contributed by atoms with Crippen molar-refractivity contribution in [2.75, 3.05) is 4.90 Å². The molecular formula is C75H50N2. The van der Waals surface area contributed by atoms with E-state index >= 15 is 0 Å². The maximum atomic E-state index is 2.49. The molecule has 2 nitrogen and oxygen atoms in total. The standard InChI is InChI=1S/C75H50N2/c1-4-21-51(22-5-1)61-44-46-73(66-36-13-12-34-63(61)66)76(60-42-43-65-64-35-14-16-38-69(64)75(70(65)50-60,57-28-6-2-7-29-57)58-30-8-3-9-31-58)59-32-19-27-55(48-59)53-25-18-26-54(47-53)56-41-45-74-68(49-56)67-37-15-17-39-72(67)77(74)71-40-20-24-52-23-10-11-33-62(52)71/h1-50H. The lowest BCUT2D eigenvalue weighted by Gasteiger charge is -2.35. The minimum absolute atomic E-state index is 0.550. The SMILES string of the molecule is c1ccc(-c2ccc(N(c3cccc(-c4cccc(-c5ccc6c(c5)c5ccccc5n6-c5cccc6ccccc56)c4)c3)c3ccc4c(c3)C(c3ccccc3)(c3ccccc3)c3ccccc3-4)c3ccccc23)cc1. The van der Waals surface area contributed by atoms with E-state index in [2.05, 4.69) is 313 Å². The van der Waals surface area contributed by atoms with Crippen molar-refractivity contribution in [1.29, 1.82) is 0 Å². The van der Waals surface area contributed by atoms with Crippen molar-refractivity contribution >= 4 is 60.4 Å². The highest BCUT2D eigenvalue weighted by Gasteiger charge is 2.46. The van der Waals surface area contributed by atoms with E-state index in [0.717, 1.165) is 28.2 Å². The summed E-state index contributed by atoms with van der Waals surface area (Å²) >= 11 is 0. The predicted molar refractivity (Wildman–Crippen MR) is 324 cm³/mol. The van der Waals surface area contributed by atoms with Gasteiger partial charge < -0.3 is 9.47 Å². The summed E-state index contributed by atoms with van der Waals surface area (Å²) in [6.45, 7) is 0. The van der Waals surface area contributed by atoms with Crippen LogP contribution in [0.2, 0.25) is 0 Å². The van der Waals surface area contributed by atoms with Crippen LogP contribution >= 0.6 is 0 Å². The summed E-state index contributed by atoms with van der Waals surface area (Å²) in [7, 11) is 0. The molecule has 360 valence electrons. The number of hydrogen-bond donors (Lipinski definition) is 0. The molecule has 14 aromatic rings. The van der Waals surface area contributed by atoms with Crippen molar-refractivity contribution in [3.63, 3.8) is 0 Å². The molecule has 0 bridgehead atoms. The van der Waals surface area contributed by atoms with Crippen LogP contribution in [0.4, 0.5) is 17.1 Å². The van der Waals surface area contributed by atoms with Gasteiger partial charge in [0.05, 0.1) is 27.8 Å². The van der Waals surface area contributed by atoms with E-state index in [1.54, 1.807) is 0 Å². The first-order valence-electron chi connectivity index (χ1n) is 26.7. The maximum absolute atomic E-state index is 2.49. The van der Waals surface area contributed by atoms with Crippen LogP contribution in [-0.2, 0) is 5.41 Å². The van der Waals surface area contributed by atoms with Gasteiger partial charge in [0, 0.05) is 32.9 Å². The molecule has 0 atom stereocenters. The summed E-state index contributed by atoms with van der Waals surface area (Å²) in [5, 5.41) is 7.34. The van der Waals surface area contributed by atoms with Gasteiger partial charge in [-0.05, 0) is 138 Å². The number of para-hydroxylation sites is 1. The molecule has 0 fully saturated rings. The third-order valence-corrected chi connectivity index (χ3v) is 16.2. The van der Waals surface area contributed by atoms with E-state index in [9.17, 15) is 0 Å². The number of nitrogens with zero attached hydrogens (tertiary/aromatic N) is 2. The van der Waals surface area contributed by atoms with Crippen LogP contribution in [0.15, 0.2) is 303 Å². The Morgan fingerprint density at radius 2 is 0.805 bits per heavy atom. The Bertz CT molecular complexity index is 4530. The number of rotatable bonds is 9. The monoisotopic (exact) mass is 978 g/mol. The molecule has 0 radical (unpaired) electrons. The van der Waals surface area contributed by atoms with Crippen LogP contribution in [0.5, 0.6) is 0 Å². The van der Waals surface area contributed by atoms with Crippen molar-refractivity contribution in [2.24, 2.45) is 0 Å². The van der Waals surface area contributed by atoms with E-state index < -0.39 is 5.41 Å². The fourth-order valence-electron chi connectivity index (χ4n) is 12.9. The minimum Gasteiger partial charge on any atom is -0.310 e. The molecule has 0 amide bonds. The fourth-order valence-corrected chi connectivity index (χ4v) is 12.9. The number of hydrogen-bond acceptors (Lipinski definition) is 1. The average Bonchev–Trinajstić information content (AvgIpc) is 4.13. The Kier molecular flexibility index (Phi) is 10.5. The third-order valence-electron chi connectivity index (χ3n) is 16.2. The molecule has 1 aromatic heterocycles. The lowest BCUT2D eigenvalue weighted by atomic mass is 9.67. The zero-order chi connectivity index (χ0) is 50.9. The first-order chi connectivity index (χ1) is 38.2. The first kappa shape index (κ1) is 44.5. The molecule has 1 aliphatic rings. The van der Waals surface area contributed by atoms with Crippen molar-refractivity contribution in [3.05, 3.63) is 326 Å². The Hall–Kier alpha value is -10.0. The highest BCUT2D eigenvalue weighted by atomic mass is 15.1. The molecule has 13 aromatic carbocycles. The van der Waals surface area contributed by atoms with Gasteiger partial charge in [0.2, 0.25) is 0 Å². The molecule has 0 unspecified atom stereocenters. The average molecular weight is 979 g/mol. The van der Waals surface area contributed by atoms with Gasteiger partial charge in [-0.3, -0.25) is 0 Å². The van der Waals surface area contributed by atoms with Crippen molar-refractivity contribution in [1.82, 2.24) is 4.57 Å². The van der Waals surface area contributed by atoms with Crippen LogP contribution in [-0.4, -0.2) is 4.57 Å². The molecule has 1 heterocycles. The van der Waals surface area contributed by atoms with Crippen LogP contribution in [0.3, 0.4) is 0 Å². The van der Waals surface area contributed by atoms with Gasteiger partial charge >= 0.3 is 0 Å². The van der Waals surface area contributed by atoms with Gasteiger partial charge in [0.25, 0.3) is 0 Å².